The van der Waals surface area contributed by atoms with E-state index in [4.69, 9.17) is 4.74 Å². The molecule has 31 heavy (non-hydrogen) atoms. The lowest BCUT2D eigenvalue weighted by Crippen LogP contribution is -2.37. The number of sulfonamides is 1. The Morgan fingerprint density at radius 1 is 1.13 bits per heavy atom. The molecular formula is C22H19FN2O5S. The van der Waals surface area contributed by atoms with E-state index in [0.29, 0.717) is 16.6 Å². The third kappa shape index (κ3) is 3.72. The van der Waals surface area contributed by atoms with Crippen LogP contribution >= 0.6 is 0 Å². The minimum Gasteiger partial charge on any atom is -0.451 e. The first-order valence-corrected chi connectivity index (χ1v) is 10.9. The van der Waals surface area contributed by atoms with Gasteiger partial charge in [-0.05, 0) is 49.1 Å². The number of nitrogens with one attached hydrogen (secondary N) is 1. The molecule has 0 radical (unpaired) electrons. The molecule has 4 rings (SSSR count). The number of carbonyl (C=O) groups is 2. The van der Waals surface area contributed by atoms with E-state index in [-0.39, 0.29) is 10.6 Å². The van der Waals surface area contributed by atoms with Crippen molar-refractivity contribution in [2.75, 3.05) is 16.2 Å². The Hall–Kier alpha value is -3.46. The number of hydrogen-bond donors (Lipinski definition) is 1. The van der Waals surface area contributed by atoms with Crippen molar-refractivity contribution in [1.29, 1.82) is 0 Å². The predicted octanol–water partition coefficient (Wildman–Crippen LogP) is 3.37. The van der Waals surface area contributed by atoms with E-state index in [1.165, 1.54) is 25.1 Å². The normalized spacial score (nSPS) is 15.0. The van der Waals surface area contributed by atoms with Crippen LogP contribution in [0.1, 0.15) is 12.5 Å². The number of aryl methyl sites for hydroxylation is 1. The molecular weight excluding hydrogens is 423 g/mol. The van der Waals surface area contributed by atoms with Crippen molar-refractivity contribution in [3.8, 4) is 0 Å². The Labute approximate surface area is 178 Å². The van der Waals surface area contributed by atoms with Crippen LogP contribution in [-0.2, 0) is 24.3 Å². The zero-order valence-corrected chi connectivity index (χ0v) is 17.6. The molecule has 1 unspecified atom stereocenters. The Kier molecular flexibility index (Phi) is 5.14. The van der Waals surface area contributed by atoms with Gasteiger partial charge in [0.05, 0.1) is 10.6 Å². The van der Waals surface area contributed by atoms with Gasteiger partial charge in [-0.3, -0.25) is 13.9 Å². The highest BCUT2D eigenvalue weighted by molar-refractivity contribution is 7.93. The Morgan fingerprint density at radius 2 is 1.84 bits per heavy atom. The topological polar surface area (TPSA) is 92.8 Å². The molecule has 0 fully saturated rings. The number of benzene rings is 3. The van der Waals surface area contributed by atoms with E-state index < -0.39 is 40.4 Å². The number of hydrogen-bond acceptors (Lipinski definition) is 5. The monoisotopic (exact) mass is 442 g/mol. The van der Waals surface area contributed by atoms with Gasteiger partial charge < -0.3 is 10.1 Å². The SMILES string of the molecule is Cc1ccc(NC(=O)C(C)OC(=O)CN2c3cccc4cccc(c34)S2(=O)=O)cc1F. The van der Waals surface area contributed by atoms with Crippen LogP contribution in [-0.4, -0.2) is 32.9 Å². The molecule has 0 saturated carbocycles. The van der Waals surface area contributed by atoms with Crippen LogP contribution in [0.4, 0.5) is 15.8 Å². The maximum absolute atomic E-state index is 13.6. The van der Waals surface area contributed by atoms with Gasteiger partial charge in [-0.15, -0.1) is 0 Å². The minimum absolute atomic E-state index is 0.126. The van der Waals surface area contributed by atoms with Gasteiger partial charge in [0.1, 0.15) is 12.4 Å². The van der Waals surface area contributed by atoms with Crippen molar-refractivity contribution in [2.24, 2.45) is 0 Å². The summed E-state index contributed by atoms with van der Waals surface area (Å²) in [4.78, 5) is 24.9. The zero-order chi connectivity index (χ0) is 22.3. The van der Waals surface area contributed by atoms with Gasteiger partial charge in [-0.2, -0.15) is 0 Å². The lowest BCUT2D eigenvalue weighted by atomic mass is 10.1. The van der Waals surface area contributed by atoms with Gasteiger partial charge in [-0.25, -0.2) is 12.8 Å². The van der Waals surface area contributed by atoms with E-state index in [1.54, 1.807) is 37.3 Å². The molecule has 1 atom stereocenters. The van der Waals surface area contributed by atoms with Gasteiger partial charge in [0.25, 0.3) is 15.9 Å². The average molecular weight is 442 g/mol. The number of amides is 1. The molecule has 0 aliphatic carbocycles. The largest absolute Gasteiger partial charge is 0.451 e. The molecule has 3 aromatic carbocycles. The van der Waals surface area contributed by atoms with Crippen molar-refractivity contribution < 1.29 is 27.1 Å². The highest BCUT2D eigenvalue weighted by Gasteiger charge is 2.37. The molecule has 1 heterocycles. The molecule has 7 nitrogen and oxygen atoms in total. The summed E-state index contributed by atoms with van der Waals surface area (Å²) in [6, 6.07) is 14.2. The number of nitrogens with zero attached hydrogens (tertiary/aromatic N) is 1. The molecule has 9 heteroatoms. The predicted molar refractivity (Wildman–Crippen MR) is 114 cm³/mol. The zero-order valence-electron chi connectivity index (χ0n) is 16.8. The summed E-state index contributed by atoms with van der Waals surface area (Å²) in [5.74, 6) is -2.02. The quantitative estimate of drug-likeness (QED) is 0.612. The summed E-state index contributed by atoms with van der Waals surface area (Å²) in [6.07, 6.45) is -1.21. The summed E-state index contributed by atoms with van der Waals surface area (Å²) < 4.78 is 45.6. The van der Waals surface area contributed by atoms with E-state index in [9.17, 15) is 22.4 Å². The molecule has 1 aliphatic rings. The van der Waals surface area contributed by atoms with Crippen molar-refractivity contribution in [3.05, 3.63) is 66.0 Å². The number of ether oxygens (including phenoxy) is 1. The molecule has 1 aliphatic heterocycles. The first kappa shape index (κ1) is 20.8. The summed E-state index contributed by atoms with van der Waals surface area (Å²) in [6.45, 7) is 2.37. The fourth-order valence-corrected chi connectivity index (χ4v) is 5.10. The van der Waals surface area contributed by atoms with Crippen molar-refractivity contribution in [1.82, 2.24) is 0 Å². The highest BCUT2D eigenvalue weighted by Crippen LogP contribution is 2.41. The molecule has 0 saturated heterocycles. The van der Waals surface area contributed by atoms with E-state index >= 15 is 0 Å². The van der Waals surface area contributed by atoms with Gasteiger partial charge in [0.15, 0.2) is 6.10 Å². The fourth-order valence-electron chi connectivity index (χ4n) is 3.45. The average Bonchev–Trinajstić information content (AvgIpc) is 2.94. The second-order valence-electron chi connectivity index (χ2n) is 7.23. The van der Waals surface area contributed by atoms with Crippen molar-refractivity contribution in [3.63, 3.8) is 0 Å². The van der Waals surface area contributed by atoms with Crippen molar-refractivity contribution in [2.45, 2.75) is 24.8 Å². The number of rotatable bonds is 5. The Balaban J connectivity index is 1.47. The fraction of sp³-hybridized carbons (Fsp3) is 0.182. The molecule has 3 aromatic rings. The molecule has 1 amide bonds. The maximum atomic E-state index is 13.6. The van der Waals surface area contributed by atoms with Crippen LogP contribution in [0.5, 0.6) is 0 Å². The lowest BCUT2D eigenvalue weighted by Gasteiger charge is -2.19. The molecule has 1 N–H and O–H groups in total. The van der Waals surface area contributed by atoms with Gasteiger partial charge in [-0.1, -0.05) is 30.3 Å². The first-order chi connectivity index (χ1) is 14.7. The van der Waals surface area contributed by atoms with Crippen molar-refractivity contribution >= 4 is 44.0 Å². The lowest BCUT2D eigenvalue weighted by molar-refractivity contribution is -0.151. The minimum atomic E-state index is -3.92. The second-order valence-corrected chi connectivity index (χ2v) is 9.06. The smallest absolute Gasteiger partial charge is 0.327 e. The Morgan fingerprint density at radius 3 is 2.55 bits per heavy atom. The van der Waals surface area contributed by atoms with E-state index in [2.05, 4.69) is 5.32 Å². The molecule has 160 valence electrons. The third-order valence-corrected chi connectivity index (χ3v) is 6.87. The van der Waals surface area contributed by atoms with E-state index in [0.717, 1.165) is 15.8 Å². The molecule has 0 aromatic heterocycles. The summed E-state index contributed by atoms with van der Waals surface area (Å²) in [7, 11) is -3.92. The van der Waals surface area contributed by atoms with Crippen LogP contribution in [0.25, 0.3) is 10.8 Å². The second kappa shape index (κ2) is 7.66. The van der Waals surface area contributed by atoms with Crippen LogP contribution < -0.4 is 9.62 Å². The maximum Gasteiger partial charge on any atom is 0.327 e. The molecule has 0 spiro atoms. The first-order valence-electron chi connectivity index (χ1n) is 9.49. The van der Waals surface area contributed by atoms with E-state index in [1.807, 2.05) is 0 Å². The summed E-state index contributed by atoms with van der Waals surface area (Å²) in [5, 5.41) is 3.76. The van der Waals surface area contributed by atoms with Gasteiger partial charge in [0.2, 0.25) is 0 Å². The number of carbonyl (C=O) groups excluding carboxylic acids is 2. The van der Waals surface area contributed by atoms with Crippen LogP contribution in [0, 0.1) is 12.7 Å². The Bertz CT molecular complexity index is 1320. The standard InChI is InChI=1S/C22H19FN2O5S/c1-13-9-10-16(11-17(13)23)24-22(27)14(2)30-20(26)12-25-18-7-3-5-15-6-4-8-19(21(15)18)31(25,28)29/h3-11,14H,12H2,1-2H3,(H,24,27). The van der Waals surface area contributed by atoms with Crippen LogP contribution in [0.3, 0.4) is 0 Å². The third-order valence-electron chi connectivity index (χ3n) is 5.07. The summed E-state index contributed by atoms with van der Waals surface area (Å²) >= 11 is 0. The van der Waals surface area contributed by atoms with Gasteiger partial charge in [0, 0.05) is 11.1 Å². The highest BCUT2D eigenvalue weighted by atomic mass is 32.2. The number of halogens is 1. The van der Waals surface area contributed by atoms with Gasteiger partial charge >= 0.3 is 5.97 Å². The molecule has 0 bridgehead atoms. The number of esters is 1. The summed E-state index contributed by atoms with van der Waals surface area (Å²) in [5.41, 5.74) is 1.04. The van der Waals surface area contributed by atoms with Crippen LogP contribution in [0.15, 0.2) is 59.5 Å². The van der Waals surface area contributed by atoms with Crippen LogP contribution in [0.2, 0.25) is 0 Å². The number of anilines is 2.